The number of Topliss-reactive ketones (excluding diaryl/α,β-unsaturated/α-hetero) is 1. The van der Waals surface area contributed by atoms with Crippen molar-refractivity contribution >= 4 is 11.8 Å². The lowest BCUT2D eigenvalue weighted by Crippen LogP contribution is -2.53. The number of hydrogen-bond acceptors (Lipinski definition) is 4. The summed E-state index contributed by atoms with van der Waals surface area (Å²) in [4.78, 5) is 23.8. The van der Waals surface area contributed by atoms with Crippen LogP contribution in [0.4, 0.5) is 0 Å². The van der Waals surface area contributed by atoms with Crippen LogP contribution in [0, 0.1) is 5.92 Å². The van der Waals surface area contributed by atoms with E-state index in [1.807, 2.05) is 6.92 Å². The van der Waals surface area contributed by atoms with E-state index in [9.17, 15) is 9.59 Å². The number of rotatable bonds is 1. The van der Waals surface area contributed by atoms with E-state index < -0.39 is 5.60 Å². The largest absolute Gasteiger partial charge is 0.456 e. The van der Waals surface area contributed by atoms with Crippen LogP contribution in [-0.4, -0.2) is 29.6 Å². The molecule has 4 atom stereocenters. The zero-order valence-electron chi connectivity index (χ0n) is 12.9. The topological polar surface area (TPSA) is 52.6 Å². The summed E-state index contributed by atoms with van der Waals surface area (Å²) >= 11 is 0. The number of hydrogen-bond donors (Lipinski definition) is 0. The van der Waals surface area contributed by atoms with Crippen molar-refractivity contribution in [3.63, 3.8) is 0 Å². The lowest BCUT2D eigenvalue weighted by atomic mass is 9.74. The summed E-state index contributed by atoms with van der Waals surface area (Å²) in [6.45, 7) is 3.37. The summed E-state index contributed by atoms with van der Waals surface area (Å²) in [6, 6.07) is 0. The first kappa shape index (κ1) is 14.8. The molecule has 2 aliphatic heterocycles. The molecule has 4 heteroatoms. The molecule has 1 aliphatic carbocycles. The summed E-state index contributed by atoms with van der Waals surface area (Å²) in [5.74, 6) is 0.181. The van der Waals surface area contributed by atoms with Crippen LogP contribution in [-0.2, 0) is 19.1 Å². The number of ether oxygens (including phenoxy) is 2. The van der Waals surface area contributed by atoms with Gasteiger partial charge in [0.15, 0.2) is 5.78 Å². The van der Waals surface area contributed by atoms with Gasteiger partial charge in [-0.15, -0.1) is 0 Å². The SMILES string of the molecule is CC(=O)O[C@]1(C)C/C=C2/CCCC[C@H]2[C@H]2O[C@@H]1CCC2=O. The van der Waals surface area contributed by atoms with Crippen molar-refractivity contribution in [3.8, 4) is 0 Å². The molecule has 0 aromatic heterocycles. The Kier molecular flexibility index (Phi) is 3.91. The van der Waals surface area contributed by atoms with Crippen molar-refractivity contribution < 1.29 is 19.1 Å². The first-order chi connectivity index (χ1) is 9.99. The minimum Gasteiger partial charge on any atom is -0.456 e. The van der Waals surface area contributed by atoms with Crippen molar-refractivity contribution in [2.45, 2.75) is 76.6 Å². The number of carbonyl (C=O) groups is 2. The highest BCUT2D eigenvalue weighted by Gasteiger charge is 2.47. The Labute approximate surface area is 125 Å². The van der Waals surface area contributed by atoms with Crippen LogP contribution in [0.1, 0.15) is 58.8 Å². The molecule has 0 aromatic carbocycles. The Morgan fingerprint density at radius 2 is 2.14 bits per heavy atom. The lowest BCUT2D eigenvalue weighted by molar-refractivity contribution is -0.194. The molecule has 4 nitrogen and oxygen atoms in total. The van der Waals surface area contributed by atoms with Gasteiger partial charge in [-0.05, 0) is 32.6 Å². The van der Waals surface area contributed by atoms with Gasteiger partial charge in [0.1, 0.15) is 11.7 Å². The highest BCUT2D eigenvalue weighted by Crippen LogP contribution is 2.42. The first-order valence-electron chi connectivity index (χ1n) is 8.06. The van der Waals surface area contributed by atoms with Crippen LogP contribution in [0.15, 0.2) is 11.6 Å². The molecule has 0 unspecified atom stereocenters. The summed E-state index contributed by atoms with van der Waals surface area (Å²) in [6.07, 6.45) is 8.01. The van der Waals surface area contributed by atoms with Gasteiger partial charge in [0.05, 0.1) is 6.10 Å². The van der Waals surface area contributed by atoms with Crippen LogP contribution in [0.5, 0.6) is 0 Å². The fourth-order valence-corrected chi connectivity index (χ4v) is 4.07. The maximum atomic E-state index is 12.3. The molecular formula is C17H24O4. The summed E-state index contributed by atoms with van der Waals surface area (Å²) in [5.41, 5.74) is 0.679. The lowest BCUT2D eigenvalue weighted by Gasteiger charge is -2.45. The van der Waals surface area contributed by atoms with Gasteiger partial charge < -0.3 is 9.47 Å². The second-order valence-corrected chi connectivity index (χ2v) is 6.79. The van der Waals surface area contributed by atoms with E-state index in [0.717, 1.165) is 12.8 Å². The highest BCUT2D eigenvalue weighted by molar-refractivity contribution is 5.84. The smallest absolute Gasteiger partial charge is 0.303 e. The van der Waals surface area contributed by atoms with Crippen LogP contribution in [0.25, 0.3) is 0 Å². The van der Waals surface area contributed by atoms with Gasteiger partial charge in [-0.2, -0.15) is 0 Å². The molecule has 1 saturated carbocycles. The average Bonchev–Trinajstić information content (AvgIpc) is 2.44. The van der Waals surface area contributed by atoms with E-state index in [1.54, 1.807) is 0 Å². The molecule has 2 fully saturated rings. The third-order valence-electron chi connectivity index (χ3n) is 5.18. The van der Waals surface area contributed by atoms with Gasteiger partial charge >= 0.3 is 5.97 Å². The predicted octanol–water partition coefficient (Wildman–Crippen LogP) is 2.95. The number of ketones is 1. The second kappa shape index (κ2) is 5.56. The van der Waals surface area contributed by atoms with E-state index in [1.165, 1.54) is 25.3 Å². The summed E-state index contributed by atoms with van der Waals surface area (Å²) in [5, 5.41) is 0. The Bertz CT molecular complexity index is 481. The Balaban J connectivity index is 1.95. The zero-order valence-corrected chi connectivity index (χ0v) is 12.9. The van der Waals surface area contributed by atoms with Crippen molar-refractivity contribution in [2.24, 2.45) is 5.92 Å². The van der Waals surface area contributed by atoms with Crippen LogP contribution in [0.3, 0.4) is 0 Å². The van der Waals surface area contributed by atoms with Crippen molar-refractivity contribution in [3.05, 3.63) is 11.6 Å². The first-order valence-corrected chi connectivity index (χ1v) is 8.06. The molecule has 3 aliphatic rings. The predicted molar refractivity (Wildman–Crippen MR) is 77.7 cm³/mol. The second-order valence-electron chi connectivity index (χ2n) is 6.79. The number of esters is 1. The molecule has 0 spiro atoms. The third-order valence-corrected chi connectivity index (χ3v) is 5.18. The van der Waals surface area contributed by atoms with Crippen LogP contribution < -0.4 is 0 Å². The van der Waals surface area contributed by atoms with Crippen molar-refractivity contribution in [2.75, 3.05) is 0 Å². The Morgan fingerprint density at radius 1 is 1.33 bits per heavy atom. The minimum atomic E-state index is -0.653. The molecule has 116 valence electrons. The van der Waals surface area contributed by atoms with E-state index in [4.69, 9.17) is 9.47 Å². The van der Waals surface area contributed by atoms with E-state index >= 15 is 0 Å². The van der Waals surface area contributed by atoms with Crippen molar-refractivity contribution in [1.29, 1.82) is 0 Å². The maximum absolute atomic E-state index is 12.3. The van der Waals surface area contributed by atoms with Crippen LogP contribution >= 0.6 is 0 Å². The molecule has 0 amide bonds. The molecular weight excluding hydrogens is 268 g/mol. The molecule has 0 aromatic rings. The van der Waals surface area contributed by atoms with Gasteiger partial charge in [0.2, 0.25) is 0 Å². The van der Waals surface area contributed by atoms with Gasteiger partial charge in [-0.25, -0.2) is 0 Å². The molecule has 0 N–H and O–H groups in total. The maximum Gasteiger partial charge on any atom is 0.303 e. The highest BCUT2D eigenvalue weighted by atomic mass is 16.6. The molecule has 2 heterocycles. The van der Waals surface area contributed by atoms with Crippen LogP contribution in [0.2, 0.25) is 0 Å². The molecule has 1 saturated heterocycles. The summed E-state index contributed by atoms with van der Waals surface area (Å²) < 4.78 is 11.8. The van der Waals surface area contributed by atoms with Gasteiger partial charge in [-0.3, -0.25) is 9.59 Å². The standard InChI is InChI=1S/C17H24O4/c1-11(18)21-17(2)10-9-12-5-3-4-6-13(12)16-14(19)7-8-15(17)20-16/h9,13,15-16H,3-8,10H2,1-2H3/b12-9-/t13-,15-,16-,17-/m1/s1. The minimum absolute atomic E-state index is 0.177. The molecule has 3 rings (SSSR count). The molecule has 21 heavy (non-hydrogen) atoms. The fraction of sp³-hybridized carbons (Fsp3) is 0.765. The fourth-order valence-electron chi connectivity index (χ4n) is 4.07. The zero-order chi connectivity index (χ0) is 15.0. The normalized spacial score (nSPS) is 42.1. The number of carbonyl (C=O) groups excluding carboxylic acids is 2. The molecule has 0 radical (unpaired) electrons. The Hall–Kier alpha value is -1.16. The van der Waals surface area contributed by atoms with Gasteiger partial charge in [-0.1, -0.05) is 18.1 Å². The molecule has 2 bridgehead atoms. The van der Waals surface area contributed by atoms with Gasteiger partial charge in [0.25, 0.3) is 0 Å². The van der Waals surface area contributed by atoms with Gasteiger partial charge in [0, 0.05) is 25.7 Å². The van der Waals surface area contributed by atoms with E-state index in [-0.39, 0.29) is 29.9 Å². The Morgan fingerprint density at radius 3 is 2.90 bits per heavy atom. The average molecular weight is 292 g/mol. The monoisotopic (exact) mass is 292 g/mol. The number of fused-ring (bicyclic) bond motifs is 4. The van der Waals surface area contributed by atoms with Crippen molar-refractivity contribution in [1.82, 2.24) is 0 Å². The van der Waals surface area contributed by atoms with E-state index in [2.05, 4.69) is 6.08 Å². The van der Waals surface area contributed by atoms with E-state index in [0.29, 0.717) is 19.3 Å². The third kappa shape index (κ3) is 2.78. The quantitative estimate of drug-likeness (QED) is 0.551. The summed E-state index contributed by atoms with van der Waals surface area (Å²) in [7, 11) is 0.